The number of esters is 1. The van der Waals surface area contributed by atoms with E-state index in [2.05, 4.69) is 55.6 Å². The summed E-state index contributed by atoms with van der Waals surface area (Å²) in [5.74, 6) is -0.0862. The number of unbranched alkanes of at least 4 members (excludes halogenated alkanes) is 33. The molecule has 0 spiro atoms. The predicted molar refractivity (Wildman–Crippen MR) is 269 cm³/mol. The monoisotopic (exact) mass is 872 g/mol. The molecule has 2 unspecified atom stereocenters. The van der Waals surface area contributed by atoms with Crippen molar-refractivity contribution in [3.05, 3.63) is 36.5 Å². The maximum absolute atomic E-state index is 12.4. The van der Waals surface area contributed by atoms with Crippen LogP contribution in [0.1, 0.15) is 284 Å². The van der Waals surface area contributed by atoms with Gasteiger partial charge in [-0.25, -0.2) is 0 Å². The molecule has 0 rings (SSSR count). The molecule has 62 heavy (non-hydrogen) atoms. The smallest absolute Gasteiger partial charge is 0.305 e. The number of ether oxygens (including phenoxy) is 1. The van der Waals surface area contributed by atoms with Crippen LogP contribution in [0.2, 0.25) is 0 Å². The second kappa shape index (κ2) is 51.7. The summed E-state index contributed by atoms with van der Waals surface area (Å²) in [7, 11) is 0. The van der Waals surface area contributed by atoms with Gasteiger partial charge in [-0.2, -0.15) is 0 Å². The lowest BCUT2D eigenvalue weighted by atomic mass is 10.0. The van der Waals surface area contributed by atoms with Gasteiger partial charge in [0.2, 0.25) is 5.91 Å². The van der Waals surface area contributed by atoms with Gasteiger partial charge in [0.25, 0.3) is 0 Å². The van der Waals surface area contributed by atoms with Crippen LogP contribution in [0, 0.1) is 0 Å². The number of hydrogen-bond donors (Lipinski definition) is 3. The fourth-order valence-corrected chi connectivity index (χ4v) is 8.24. The number of nitrogens with one attached hydrogen (secondary N) is 1. The molecule has 6 heteroatoms. The van der Waals surface area contributed by atoms with Crippen molar-refractivity contribution in [1.29, 1.82) is 0 Å². The van der Waals surface area contributed by atoms with Crippen LogP contribution in [0.25, 0.3) is 0 Å². The Morgan fingerprint density at radius 1 is 0.452 bits per heavy atom. The van der Waals surface area contributed by atoms with E-state index in [0.29, 0.717) is 25.9 Å². The highest BCUT2D eigenvalue weighted by molar-refractivity contribution is 5.76. The number of hydrogen-bond acceptors (Lipinski definition) is 5. The maximum Gasteiger partial charge on any atom is 0.305 e. The third-order valence-electron chi connectivity index (χ3n) is 12.4. The van der Waals surface area contributed by atoms with Crippen LogP contribution in [-0.2, 0) is 14.3 Å². The molecule has 2 atom stereocenters. The van der Waals surface area contributed by atoms with Crippen molar-refractivity contribution in [1.82, 2.24) is 5.32 Å². The lowest BCUT2D eigenvalue weighted by molar-refractivity contribution is -0.143. The van der Waals surface area contributed by atoms with E-state index in [0.717, 1.165) is 51.4 Å². The Morgan fingerprint density at radius 3 is 1.24 bits per heavy atom. The third-order valence-corrected chi connectivity index (χ3v) is 12.4. The molecule has 0 aliphatic carbocycles. The number of rotatable bonds is 50. The minimum atomic E-state index is -0.666. The lowest BCUT2D eigenvalue weighted by Gasteiger charge is -2.22. The second-order valence-corrected chi connectivity index (χ2v) is 18.6. The van der Waals surface area contributed by atoms with E-state index in [1.54, 1.807) is 0 Å². The van der Waals surface area contributed by atoms with Crippen molar-refractivity contribution in [3.63, 3.8) is 0 Å². The molecule has 0 aliphatic heterocycles. The van der Waals surface area contributed by atoms with Crippen molar-refractivity contribution in [2.75, 3.05) is 13.2 Å². The largest absolute Gasteiger partial charge is 0.465 e. The highest BCUT2D eigenvalue weighted by Crippen LogP contribution is 2.16. The Morgan fingerprint density at radius 2 is 0.806 bits per heavy atom. The average molecular weight is 872 g/mol. The quantitative estimate of drug-likeness (QED) is 0.0321. The first-order valence-electron chi connectivity index (χ1n) is 27.2. The molecular weight excluding hydrogens is 767 g/mol. The molecular formula is C56H105NO5. The van der Waals surface area contributed by atoms with E-state index in [-0.39, 0.29) is 18.5 Å². The van der Waals surface area contributed by atoms with Crippen molar-refractivity contribution in [2.24, 2.45) is 0 Å². The zero-order valence-corrected chi connectivity index (χ0v) is 41.4. The summed E-state index contributed by atoms with van der Waals surface area (Å²) in [5, 5.41) is 23.1. The Labute approximate surface area is 385 Å². The first-order chi connectivity index (χ1) is 30.5. The van der Waals surface area contributed by atoms with E-state index in [4.69, 9.17) is 4.74 Å². The van der Waals surface area contributed by atoms with Crippen LogP contribution in [0.5, 0.6) is 0 Å². The molecule has 1 amide bonds. The maximum atomic E-state index is 12.4. The van der Waals surface area contributed by atoms with Gasteiger partial charge >= 0.3 is 5.97 Å². The summed E-state index contributed by atoms with van der Waals surface area (Å²) in [6.45, 7) is 4.81. The molecule has 0 bridgehead atoms. The highest BCUT2D eigenvalue weighted by atomic mass is 16.5. The van der Waals surface area contributed by atoms with E-state index in [1.165, 1.54) is 199 Å². The summed E-state index contributed by atoms with van der Waals surface area (Å²) >= 11 is 0. The topological polar surface area (TPSA) is 95.9 Å². The predicted octanol–water partition coefficient (Wildman–Crippen LogP) is 16.5. The van der Waals surface area contributed by atoms with Gasteiger partial charge in [0.1, 0.15) is 0 Å². The van der Waals surface area contributed by atoms with Gasteiger partial charge in [0.05, 0.1) is 25.4 Å². The normalized spacial score (nSPS) is 12.9. The molecule has 0 aromatic rings. The van der Waals surface area contributed by atoms with E-state index in [9.17, 15) is 19.8 Å². The molecule has 0 saturated carbocycles. The summed E-state index contributed by atoms with van der Waals surface area (Å²) in [6, 6.07) is -0.544. The van der Waals surface area contributed by atoms with Crippen molar-refractivity contribution in [2.45, 2.75) is 296 Å². The Bertz CT molecular complexity index is 1010. The number of aliphatic hydroxyl groups is 2. The SMILES string of the molecule is CCCCCCC/C=C\CCCCCCCC(=O)OCC/C=C\C/C=C\CCCCCCCCCCCCCCCCC(=O)NC(CO)C(O)CCCCCCCCCCCC. The molecule has 0 aromatic carbocycles. The van der Waals surface area contributed by atoms with Crippen LogP contribution in [0.3, 0.4) is 0 Å². The molecule has 0 heterocycles. The molecule has 364 valence electrons. The van der Waals surface area contributed by atoms with Crippen LogP contribution >= 0.6 is 0 Å². The zero-order valence-electron chi connectivity index (χ0n) is 41.4. The Kier molecular flexibility index (Phi) is 50.1. The fourth-order valence-electron chi connectivity index (χ4n) is 8.24. The van der Waals surface area contributed by atoms with Gasteiger partial charge in [-0.3, -0.25) is 9.59 Å². The van der Waals surface area contributed by atoms with Gasteiger partial charge in [0.15, 0.2) is 0 Å². The Hall–Kier alpha value is -1.92. The van der Waals surface area contributed by atoms with Crippen molar-refractivity contribution >= 4 is 11.9 Å². The molecule has 0 fully saturated rings. The second-order valence-electron chi connectivity index (χ2n) is 18.6. The fraction of sp³-hybridized carbons (Fsp3) is 0.857. The summed E-state index contributed by atoms with van der Waals surface area (Å²) in [5.41, 5.74) is 0. The van der Waals surface area contributed by atoms with Gasteiger partial charge < -0.3 is 20.3 Å². The van der Waals surface area contributed by atoms with Gasteiger partial charge in [-0.15, -0.1) is 0 Å². The van der Waals surface area contributed by atoms with Crippen LogP contribution in [-0.4, -0.2) is 47.4 Å². The number of amides is 1. The number of allylic oxidation sites excluding steroid dienone is 5. The highest BCUT2D eigenvalue weighted by Gasteiger charge is 2.20. The number of carbonyl (C=O) groups excluding carboxylic acids is 2. The van der Waals surface area contributed by atoms with Crippen LogP contribution in [0.15, 0.2) is 36.5 Å². The van der Waals surface area contributed by atoms with E-state index >= 15 is 0 Å². The van der Waals surface area contributed by atoms with E-state index < -0.39 is 12.1 Å². The molecule has 0 saturated heterocycles. The van der Waals surface area contributed by atoms with Gasteiger partial charge in [-0.05, 0) is 70.6 Å². The molecule has 6 nitrogen and oxygen atoms in total. The first-order valence-corrected chi connectivity index (χ1v) is 27.2. The standard InChI is InChI=1S/C56H105NO5/c1-3-5-7-9-11-13-15-16-27-30-34-38-42-46-50-56(61)62-51-47-43-39-35-31-28-25-23-21-19-17-18-20-22-24-26-29-33-37-41-45-49-55(60)57-53(52-58)54(59)48-44-40-36-32-14-12-10-8-6-4-2/h15-16,28,31,39,43,53-54,58-59H,3-14,17-27,29-30,32-38,40-42,44-52H2,1-2H3,(H,57,60)/b16-15-,31-28-,43-39-. The van der Waals surface area contributed by atoms with Crippen molar-refractivity contribution < 1.29 is 24.5 Å². The first kappa shape index (κ1) is 60.1. The van der Waals surface area contributed by atoms with Crippen molar-refractivity contribution in [3.8, 4) is 0 Å². The minimum Gasteiger partial charge on any atom is -0.465 e. The number of aliphatic hydroxyl groups excluding tert-OH is 2. The number of carbonyl (C=O) groups is 2. The lowest BCUT2D eigenvalue weighted by Crippen LogP contribution is -2.45. The average Bonchev–Trinajstić information content (AvgIpc) is 3.27. The molecule has 0 aliphatic rings. The van der Waals surface area contributed by atoms with E-state index in [1.807, 2.05) is 0 Å². The summed E-state index contributed by atoms with van der Waals surface area (Å²) in [6.07, 6.45) is 62.9. The minimum absolute atomic E-state index is 0.0420. The zero-order chi connectivity index (χ0) is 45.1. The molecule has 3 N–H and O–H groups in total. The Balaban J connectivity index is 3.45. The molecule has 0 radical (unpaired) electrons. The van der Waals surface area contributed by atoms with Crippen LogP contribution < -0.4 is 5.32 Å². The third kappa shape index (κ3) is 47.6. The van der Waals surface area contributed by atoms with Crippen LogP contribution in [0.4, 0.5) is 0 Å². The van der Waals surface area contributed by atoms with Gasteiger partial charge in [-0.1, -0.05) is 237 Å². The summed E-state index contributed by atoms with van der Waals surface area (Å²) in [4.78, 5) is 24.4. The molecule has 0 aromatic heterocycles. The van der Waals surface area contributed by atoms with Gasteiger partial charge in [0, 0.05) is 12.8 Å². The summed E-state index contributed by atoms with van der Waals surface area (Å²) < 4.78 is 5.40.